The van der Waals surface area contributed by atoms with Gasteiger partial charge < -0.3 is 5.11 Å². The van der Waals surface area contributed by atoms with Gasteiger partial charge >= 0.3 is 0 Å². The van der Waals surface area contributed by atoms with E-state index in [4.69, 9.17) is 0 Å². The van der Waals surface area contributed by atoms with E-state index in [-0.39, 0.29) is 6.10 Å². The fourth-order valence-electron chi connectivity index (χ4n) is 2.60. The van der Waals surface area contributed by atoms with Crippen LogP contribution in [0.2, 0.25) is 0 Å². The fraction of sp³-hybridized carbons (Fsp3) is 0.625. The van der Waals surface area contributed by atoms with Crippen molar-refractivity contribution >= 4 is 0 Å². The second-order valence-electron chi connectivity index (χ2n) is 6.58. The van der Waals surface area contributed by atoms with E-state index in [0.717, 1.165) is 18.4 Å². The summed E-state index contributed by atoms with van der Waals surface area (Å²) in [7, 11) is 0. The fourth-order valence-corrected chi connectivity index (χ4v) is 2.60. The van der Waals surface area contributed by atoms with Crippen LogP contribution < -0.4 is 0 Å². The smallest absolute Gasteiger partial charge is 0.0823 e. The molecule has 0 bridgehead atoms. The molecule has 1 saturated carbocycles. The molecular weight excluding hydrogens is 208 g/mol. The lowest BCUT2D eigenvalue weighted by atomic mass is 9.96. The molecule has 1 fully saturated rings. The highest BCUT2D eigenvalue weighted by molar-refractivity contribution is 5.26. The number of hydrogen-bond acceptors (Lipinski definition) is 1. The summed E-state index contributed by atoms with van der Waals surface area (Å²) in [5.41, 5.74) is 2.77. The highest BCUT2D eigenvalue weighted by atomic mass is 16.3. The summed E-state index contributed by atoms with van der Waals surface area (Å²) < 4.78 is 0. The van der Waals surface area contributed by atoms with Crippen molar-refractivity contribution in [2.75, 3.05) is 0 Å². The van der Waals surface area contributed by atoms with Gasteiger partial charge in [-0.2, -0.15) is 0 Å². The molecule has 0 saturated heterocycles. The Hall–Kier alpha value is -0.820. The van der Waals surface area contributed by atoms with Crippen LogP contribution in [0.3, 0.4) is 0 Å². The number of aliphatic hydroxyl groups excluding tert-OH is 1. The summed E-state index contributed by atoms with van der Waals surface area (Å²) in [5, 5.41) is 10.3. The first kappa shape index (κ1) is 12.6. The summed E-state index contributed by atoms with van der Waals surface area (Å²) in [6.45, 7) is 8.92. The average Bonchev–Trinajstić information content (AvgIpc) is 2.87. The van der Waals surface area contributed by atoms with Crippen molar-refractivity contribution in [2.24, 2.45) is 17.3 Å². The van der Waals surface area contributed by atoms with Gasteiger partial charge in [-0.25, -0.2) is 0 Å². The molecule has 1 aromatic carbocycles. The van der Waals surface area contributed by atoms with Crippen molar-refractivity contribution in [3.05, 3.63) is 35.4 Å². The van der Waals surface area contributed by atoms with Gasteiger partial charge in [-0.05, 0) is 41.2 Å². The molecule has 1 N–H and O–H groups in total. The van der Waals surface area contributed by atoms with Crippen LogP contribution >= 0.6 is 0 Å². The molecule has 2 rings (SSSR count). The van der Waals surface area contributed by atoms with E-state index < -0.39 is 0 Å². The van der Waals surface area contributed by atoms with Gasteiger partial charge in [-0.1, -0.05) is 52.0 Å². The van der Waals surface area contributed by atoms with Crippen molar-refractivity contribution in [2.45, 2.75) is 46.6 Å². The van der Waals surface area contributed by atoms with Crippen molar-refractivity contribution in [3.63, 3.8) is 0 Å². The first-order valence-electron chi connectivity index (χ1n) is 6.67. The minimum Gasteiger partial charge on any atom is -0.388 e. The van der Waals surface area contributed by atoms with Crippen LogP contribution in [0.5, 0.6) is 0 Å². The lowest BCUT2D eigenvalue weighted by molar-refractivity contribution is 0.138. The van der Waals surface area contributed by atoms with Gasteiger partial charge in [0.15, 0.2) is 0 Å². The van der Waals surface area contributed by atoms with Gasteiger partial charge in [0.05, 0.1) is 6.10 Å². The number of aliphatic hydroxyl groups is 1. The molecule has 1 heteroatoms. The first-order valence-corrected chi connectivity index (χ1v) is 6.67. The van der Waals surface area contributed by atoms with Gasteiger partial charge in [0.2, 0.25) is 0 Å². The van der Waals surface area contributed by atoms with Crippen LogP contribution in [0.15, 0.2) is 24.3 Å². The third kappa shape index (κ3) is 2.90. The van der Waals surface area contributed by atoms with Crippen LogP contribution in [0.1, 0.15) is 51.3 Å². The Morgan fingerprint density at radius 1 is 1.24 bits per heavy atom. The Morgan fingerprint density at radius 2 is 1.76 bits per heavy atom. The van der Waals surface area contributed by atoms with Crippen molar-refractivity contribution < 1.29 is 5.11 Å². The lowest BCUT2D eigenvalue weighted by Gasteiger charge is -2.14. The monoisotopic (exact) mass is 232 g/mol. The Bertz CT molecular complexity index is 375. The van der Waals surface area contributed by atoms with Crippen LogP contribution in [-0.4, -0.2) is 5.11 Å². The lowest BCUT2D eigenvalue weighted by Crippen LogP contribution is -2.05. The molecule has 17 heavy (non-hydrogen) atoms. The quantitative estimate of drug-likeness (QED) is 0.833. The van der Waals surface area contributed by atoms with Gasteiger partial charge in [-0.3, -0.25) is 0 Å². The normalized spacial score (nSPS) is 23.8. The number of benzene rings is 1. The Labute approximate surface area is 105 Å². The highest BCUT2D eigenvalue weighted by Gasteiger charge is 2.50. The maximum absolute atomic E-state index is 10.3. The van der Waals surface area contributed by atoms with Crippen molar-refractivity contribution in [1.29, 1.82) is 0 Å². The Morgan fingerprint density at radius 3 is 2.18 bits per heavy atom. The summed E-state index contributed by atoms with van der Waals surface area (Å²) in [4.78, 5) is 0. The molecule has 0 radical (unpaired) electrons. The second kappa shape index (κ2) is 4.45. The maximum Gasteiger partial charge on any atom is 0.0823 e. The van der Waals surface area contributed by atoms with Crippen LogP contribution in [0, 0.1) is 17.3 Å². The predicted octanol–water partition coefficient (Wildman–Crippen LogP) is 3.96. The minimum absolute atomic E-state index is 0.280. The second-order valence-corrected chi connectivity index (χ2v) is 6.58. The third-order valence-electron chi connectivity index (χ3n) is 3.94. The van der Waals surface area contributed by atoms with Gasteiger partial charge in [0, 0.05) is 0 Å². The van der Waals surface area contributed by atoms with E-state index in [1.807, 2.05) is 0 Å². The maximum atomic E-state index is 10.3. The van der Waals surface area contributed by atoms with Gasteiger partial charge in [0.1, 0.15) is 0 Å². The van der Waals surface area contributed by atoms with Crippen LogP contribution in [0.4, 0.5) is 0 Å². The average molecular weight is 232 g/mol. The molecule has 1 aromatic rings. The summed E-state index contributed by atoms with van der Waals surface area (Å²) in [5.74, 6) is 1.13. The molecule has 1 aliphatic carbocycles. The molecule has 0 amide bonds. The SMILES string of the molecule is CC(C)Cc1ccc(C(O)C2CC2(C)C)cc1. The Kier molecular flexibility index (Phi) is 3.31. The third-order valence-corrected chi connectivity index (χ3v) is 3.94. The molecule has 1 aliphatic rings. The van der Waals surface area contributed by atoms with Crippen molar-refractivity contribution in [1.82, 2.24) is 0 Å². The molecule has 0 aromatic heterocycles. The summed E-state index contributed by atoms with van der Waals surface area (Å²) in [6.07, 6.45) is 1.98. The van der Waals surface area contributed by atoms with E-state index in [1.54, 1.807) is 0 Å². The topological polar surface area (TPSA) is 20.2 Å². The molecule has 0 spiro atoms. The van der Waals surface area contributed by atoms with E-state index in [9.17, 15) is 5.11 Å². The molecule has 2 unspecified atom stereocenters. The minimum atomic E-state index is -0.280. The number of rotatable bonds is 4. The summed E-state index contributed by atoms with van der Waals surface area (Å²) >= 11 is 0. The highest BCUT2D eigenvalue weighted by Crippen LogP contribution is 2.57. The van der Waals surface area contributed by atoms with E-state index in [2.05, 4.69) is 52.0 Å². The molecule has 0 heterocycles. The zero-order valence-corrected chi connectivity index (χ0v) is 11.4. The molecule has 2 atom stereocenters. The summed E-state index contributed by atoms with van der Waals surface area (Å²) in [6, 6.07) is 8.51. The molecule has 1 nitrogen and oxygen atoms in total. The zero-order chi connectivity index (χ0) is 12.6. The Balaban J connectivity index is 2.03. The predicted molar refractivity (Wildman–Crippen MR) is 71.8 cm³/mol. The van der Waals surface area contributed by atoms with Crippen LogP contribution in [0.25, 0.3) is 0 Å². The number of hydrogen-bond donors (Lipinski definition) is 1. The van der Waals surface area contributed by atoms with Crippen molar-refractivity contribution in [3.8, 4) is 0 Å². The van der Waals surface area contributed by atoms with Gasteiger partial charge in [0.25, 0.3) is 0 Å². The van der Waals surface area contributed by atoms with E-state index >= 15 is 0 Å². The first-order chi connectivity index (χ1) is 7.90. The van der Waals surface area contributed by atoms with Gasteiger partial charge in [-0.15, -0.1) is 0 Å². The molecule has 94 valence electrons. The standard InChI is InChI=1S/C16H24O/c1-11(2)9-12-5-7-13(8-6-12)15(17)14-10-16(14,3)4/h5-8,11,14-15,17H,9-10H2,1-4H3. The van der Waals surface area contributed by atoms with Crippen LogP contribution in [-0.2, 0) is 6.42 Å². The zero-order valence-electron chi connectivity index (χ0n) is 11.4. The largest absolute Gasteiger partial charge is 0.388 e. The molecular formula is C16H24O. The van der Waals surface area contributed by atoms with E-state index in [1.165, 1.54) is 5.56 Å². The van der Waals surface area contributed by atoms with E-state index in [0.29, 0.717) is 17.3 Å². The molecule has 0 aliphatic heterocycles.